The maximum absolute atomic E-state index is 13.5. The van der Waals surface area contributed by atoms with Gasteiger partial charge < -0.3 is 9.64 Å². The van der Waals surface area contributed by atoms with Crippen LogP contribution in [0.1, 0.15) is 79.2 Å². The van der Waals surface area contributed by atoms with E-state index in [2.05, 4.69) is 17.9 Å². The molecule has 3 aromatic rings. The first kappa shape index (κ1) is 28.9. The first-order valence-electron chi connectivity index (χ1n) is 14.0. The molecule has 1 saturated carbocycles. The summed E-state index contributed by atoms with van der Waals surface area (Å²) >= 11 is 1.36. The van der Waals surface area contributed by atoms with Crippen molar-refractivity contribution in [2.75, 3.05) is 11.4 Å². The van der Waals surface area contributed by atoms with Gasteiger partial charge in [0.1, 0.15) is 22.9 Å². The highest BCUT2D eigenvalue weighted by Crippen LogP contribution is 2.39. The molecular formula is C31H33F3N4O2S. The Kier molecular flexibility index (Phi) is 8.28. The zero-order valence-electron chi connectivity index (χ0n) is 23.4. The highest BCUT2D eigenvalue weighted by atomic mass is 32.1. The van der Waals surface area contributed by atoms with Crippen molar-refractivity contribution >= 4 is 23.2 Å². The summed E-state index contributed by atoms with van der Waals surface area (Å²) in [4.78, 5) is 22.6. The Labute approximate surface area is 242 Å². The van der Waals surface area contributed by atoms with Crippen LogP contribution in [0.5, 0.6) is 0 Å². The average molecular weight is 583 g/mol. The summed E-state index contributed by atoms with van der Waals surface area (Å²) in [6.07, 6.45) is 1.53. The molecule has 2 atom stereocenters. The summed E-state index contributed by atoms with van der Waals surface area (Å²) in [7, 11) is 0. The van der Waals surface area contributed by atoms with Crippen molar-refractivity contribution in [3.8, 4) is 17.2 Å². The standard InChI is InChI=1S/C31H33F3N4O2S/c1-4-37(25-8-6-5-7-9-25)29-23(14-22(17-36-29)26-10-11-41-27(26)16-35)18-38-20(3)28(40-30(38)39)21-12-19(2)13-24(15-21)31(32,33)34/h10-15,17,20,25,28H,4-9,18H2,1-3H3. The topological polar surface area (TPSA) is 69.5 Å². The van der Waals surface area contributed by atoms with E-state index in [0.29, 0.717) is 22.0 Å². The van der Waals surface area contributed by atoms with E-state index >= 15 is 0 Å². The zero-order valence-corrected chi connectivity index (χ0v) is 24.2. The van der Waals surface area contributed by atoms with E-state index in [1.165, 1.54) is 17.8 Å². The number of hydrogen-bond acceptors (Lipinski definition) is 6. The number of amides is 1. The molecule has 1 saturated heterocycles. The molecule has 1 aromatic carbocycles. The lowest BCUT2D eigenvalue weighted by Crippen LogP contribution is -2.39. The second kappa shape index (κ2) is 11.7. The Morgan fingerprint density at radius 3 is 2.63 bits per heavy atom. The van der Waals surface area contributed by atoms with Crippen molar-refractivity contribution in [3.05, 3.63) is 69.0 Å². The molecule has 0 radical (unpaired) electrons. The van der Waals surface area contributed by atoms with Gasteiger partial charge in [0.2, 0.25) is 0 Å². The lowest BCUT2D eigenvalue weighted by Gasteiger charge is -2.36. The van der Waals surface area contributed by atoms with Gasteiger partial charge in [0.15, 0.2) is 0 Å². The number of thiophene rings is 1. The first-order chi connectivity index (χ1) is 19.6. The summed E-state index contributed by atoms with van der Waals surface area (Å²) in [5, 5.41) is 11.5. The number of nitriles is 1. The minimum atomic E-state index is -4.50. The maximum Gasteiger partial charge on any atom is 0.416 e. The number of pyridine rings is 1. The molecule has 6 nitrogen and oxygen atoms in total. The lowest BCUT2D eigenvalue weighted by atomic mass is 9.93. The SMILES string of the molecule is CCN(c1ncc(-c2ccsc2C#N)cc1CN1C(=O)OC(c2cc(C)cc(C(F)(F)F)c2)C1C)C1CCCCC1. The number of aryl methyl sites for hydroxylation is 1. The molecule has 5 rings (SSSR count). The molecule has 1 aliphatic heterocycles. The van der Waals surface area contributed by atoms with E-state index in [9.17, 15) is 23.2 Å². The van der Waals surface area contributed by atoms with Gasteiger partial charge in [-0.3, -0.25) is 4.90 Å². The number of halogens is 3. The minimum Gasteiger partial charge on any atom is -0.439 e. The fourth-order valence-corrected chi connectivity index (χ4v) is 6.81. The van der Waals surface area contributed by atoms with Gasteiger partial charge in [0.25, 0.3) is 0 Å². The van der Waals surface area contributed by atoms with E-state index in [1.54, 1.807) is 31.0 Å². The van der Waals surface area contributed by atoms with Gasteiger partial charge in [0.05, 0.1) is 18.2 Å². The molecule has 2 fully saturated rings. The normalized spacial score (nSPS) is 19.7. The third kappa shape index (κ3) is 5.91. The Balaban J connectivity index is 1.51. The largest absolute Gasteiger partial charge is 0.439 e. The zero-order chi connectivity index (χ0) is 29.3. The lowest BCUT2D eigenvalue weighted by molar-refractivity contribution is -0.137. The number of rotatable bonds is 7. The first-order valence-corrected chi connectivity index (χ1v) is 14.9. The van der Waals surface area contributed by atoms with Crippen molar-refractivity contribution in [1.82, 2.24) is 9.88 Å². The van der Waals surface area contributed by atoms with Crippen LogP contribution >= 0.6 is 11.3 Å². The molecule has 1 amide bonds. The Bertz CT molecular complexity index is 1460. The van der Waals surface area contributed by atoms with Crippen LogP contribution in [0.2, 0.25) is 0 Å². The van der Waals surface area contributed by atoms with Gasteiger partial charge in [-0.05, 0) is 68.8 Å². The number of cyclic esters (lactones) is 1. The van der Waals surface area contributed by atoms with Gasteiger partial charge in [-0.1, -0.05) is 30.9 Å². The number of nitrogens with zero attached hydrogens (tertiary/aromatic N) is 4. The average Bonchev–Trinajstić information content (AvgIpc) is 3.54. The number of carbonyl (C=O) groups excluding carboxylic acids is 1. The van der Waals surface area contributed by atoms with E-state index < -0.39 is 30.0 Å². The van der Waals surface area contributed by atoms with Crippen LogP contribution in [0.3, 0.4) is 0 Å². The van der Waals surface area contributed by atoms with E-state index in [4.69, 9.17) is 9.72 Å². The second-order valence-corrected chi connectivity index (χ2v) is 11.8. The van der Waals surface area contributed by atoms with Crippen LogP contribution in [0.15, 0.2) is 41.9 Å². The Morgan fingerprint density at radius 2 is 1.95 bits per heavy atom. The number of carbonyl (C=O) groups is 1. The number of aromatic nitrogens is 1. The van der Waals surface area contributed by atoms with E-state index in [0.717, 1.165) is 66.9 Å². The maximum atomic E-state index is 13.5. The van der Waals surface area contributed by atoms with Crippen molar-refractivity contribution in [1.29, 1.82) is 5.26 Å². The molecular weight excluding hydrogens is 549 g/mol. The Morgan fingerprint density at radius 1 is 1.20 bits per heavy atom. The highest BCUT2D eigenvalue weighted by molar-refractivity contribution is 7.11. The monoisotopic (exact) mass is 582 g/mol. The van der Waals surface area contributed by atoms with Gasteiger partial charge in [-0.25, -0.2) is 9.78 Å². The third-order valence-electron chi connectivity index (χ3n) is 8.14. The van der Waals surface area contributed by atoms with Gasteiger partial charge in [0, 0.05) is 35.5 Å². The van der Waals surface area contributed by atoms with Crippen LogP contribution in [0, 0.1) is 18.3 Å². The fraction of sp³-hybridized carbons (Fsp3) is 0.452. The minimum absolute atomic E-state index is 0.180. The Hall–Kier alpha value is -3.58. The molecule has 41 heavy (non-hydrogen) atoms. The molecule has 10 heteroatoms. The molecule has 0 N–H and O–H groups in total. The number of ether oxygens (including phenoxy) is 1. The quantitative estimate of drug-likeness (QED) is 0.281. The molecule has 2 aliphatic rings. The van der Waals surface area contributed by atoms with Crippen LogP contribution in [0.25, 0.3) is 11.1 Å². The molecule has 2 aromatic heterocycles. The van der Waals surface area contributed by atoms with Crippen LogP contribution in [-0.4, -0.2) is 34.6 Å². The number of benzene rings is 1. The van der Waals surface area contributed by atoms with Crippen molar-refractivity contribution in [2.24, 2.45) is 0 Å². The molecule has 2 unspecified atom stereocenters. The van der Waals surface area contributed by atoms with Crippen molar-refractivity contribution in [2.45, 2.75) is 83.8 Å². The van der Waals surface area contributed by atoms with Crippen LogP contribution in [-0.2, 0) is 17.5 Å². The third-order valence-corrected chi connectivity index (χ3v) is 8.96. The summed E-state index contributed by atoms with van der Waals surface area (Å²) < 4.78 is 46.3. The predicted molar refractivity (Wildman–Crippen MR) is 153 cm³/mol. The number of alkyl halides is 3. The fourth-order valence-electron chi connectivity index (χ4n) is 6.11. The van der Waals surface area contributed by atoms with Crippen LogP contribution in [0.4, 0.5) is 23.8 Å². The molecule has 1 aliphatic carbocycles. The van der Waals surface area contributed by atoms with Gasteiger partial charge >= 0.3 is 12.3 Å². The van der Waals surface area contributed by atoms with Crippen molar-refractivity contribution in [3.63, 3.8) is 0 Å². The molecule has 3 heterocycles. The summed E-state index contributed by atoms with van der Waals surface area (Å²) in [5.74, 6) is 0.787. The summed E-state index contributed by atoms with van der Waals surface area (Å²) in [6, 6.07) is 9.75. The summed E-state index contributed by atoms with van der Waals surface area (Å²) in [5.41, 5.74) is 2.39. The second-order valence-electron chi connectivity index (χ2n) is 10.9. The summed E-state index contributed by atoms with van der Waals surface area (Å²) in [6.45, 7) is 6.43. The smallest absolute Gasteiger partial charge is 0.416 e. The molecule has 216 valence electrons. The number of hydrogen-bond donors (Lipinski definition) is 0. The molecule has 0 spiro atoms. The predicted octanol–water partition coefficient (Wildman–Crippen LogP) is 8.25. The van der Waals surface area contributed by atoms with E-state index in [-0.39, 0.29) is 6.54 Å². The molecule has 0 bridgehead atoms. The van der Waals surface area contributed by atoms with Crippen LogP contribution < -0.4 is 4.90 Å². The highest BCUT2D eigenvalue weighted by Gasteiger charge is 2.41. The van der Waals surface area contributed by atoms with Gasteiger partial charge in [-0.2, -0.15) is 18.4 Å². The number of anilines is 1. The van der Waals surface area contributed by atoms with Crippen molar-refractivity contribution < 1.29 is 22.7 Å². The van der Waals surface area contributed by atoms with Gasteiger partial charge in [-0.15, -0.1) is 11.3 Å². The van der Waals surface area contributed by atoms with E-state index in [1.807, 2.05) is 17.5 Å².